The van der Waals surface area contributed by atoms with Crippen LogP contribution in [-0.4, -0.2) is 31.5 Å². The molecule has 0 unspecified atom stereocenters. The van der Waals surface area contributed by atoms with Gasteiger partial charge in [-0.25, -0.2) is 9.50 Å². The Morgan fingerprint density at radius 3 is 2.63 bits per heavy atom. The van der Waals surface area contributed by atoms with Crippen LogP contribution >= 0.6 is 0 Å². The van der Waals surface area contributed by atoms with Crippen molar-refractivity contribution >= 4 is 5.65 Å². The second-order valence-corrected chi connectivity index (χ2v) is 6.78. The third kappa shape index (κ3) is 3.59. The highest BCUT2D eigenvalue weighted by Gasteiger charge is 2.16. The lowest BCUT2D eigenvalue weighted by atomic mass is 10.1. The predicted molar refractivity (Wildman–Crippen MR) is 107 cm³/mol. The molecule has 0 fully saturated rings. The summed E-state index contributed by atoms with van der Waals surface area (Å²) in [6.45, 7) is 3.01. The van der Waals surface area contributed by atoms with E-state index in [2.05, 4.69) is 58.3 Å². The number of rotatable bonds is 6. The van der Waals surface area contributed by atoms with Crippen LogP contribution in [-0.2, 0) is 6.54 Å². The van der Waals surface area contributed by atoms with Crippen LogP contribution < -0.4 is 0 Å². The third-order valence-electron chi connectivity index (χ3n) is 4.91. The molecule has 136 valence electrons. The van der Waals surface area contributed by atoms with Gasteiger partial charge >= 0.3 is 0 Å². The van der Waals surface area contributed by atoms with Crippen molar-refractivity contribution in [2.75, 3.05) is 7.05 Å². The van der Waals surface area contributed by atoms with Crippen molar-refractivity contribution in [1.29, 1.82) is 0 Å². The first-order valence-electron chi connectivity index (χ1n) is 9.24. The van der Waals surface area contributed by atoms with Gasteiger partial charge in [-0.2, -0.15) is 5.10 Å². The molecule has 0 spiro atoms. The molecule has 0 saturated carbocycles. The van der Waals surface area contributed by atoms with E-state index in [0.717, 1.165) is 35.3 Å². The van der Waals surface area contributed by atoms with E-state index in [9.17, 15) is 0 Å². The molecule has 0 N–H and O–H groups in total. The first kappa shape index (κ1) is 17.4. The number of nitrogens with zero attached hydrogens (tertiary/aromatic N) is 5. The summed E-state index contributed by atoms with van der Waals surface area (Å²) in [4.78, 5) is 11.3. The lowest BCUT2D eigenvalue weighted by molar-refractivity contribution is 0.229. The lowest BCUT2D eigenvalue weighted by Crippen LogP contribution is -2.24. The normalized spacial score (nSPS) is 12.6. The van der Waals surface area contributed by atoms with Gasteiger partial charge in [0.05, 0.1) is 6.20 Å². The molecule has 5 nitrogen and oxygen atoms in total. The van der Waals surface area contributed by atoms with Crippen LogP contribution in [0.5, 0.6) is 0 Å². The van der Waals surface area contributed by atoms with E-state index in [-0.39, 0.29) is 0 Å². The van der Waals surface area contributed by atoms with Gasteiger partial charge in [-0.05, 0) is 30.7 Å². The van der Waals surface area contributed by atoms with Crippen molar-refractivity contribution in [3.63, 3.8) is 0 Å². The molecule has 0 radical (unpaired) electrons. The van der Waals surface area contributed by atoms with Crippen molar-refractivity contribution in [2.24, 2.45) is 0 Å². The average molecular weight is 357 g/mol. The molecule has 4 aromatic rings. The molecule has 4 rings (SSSR count). The fourth-order valence-electron chi connectivity index (χ4n) is 3.59. The molecule has 0 aliphatic heterocycles. The number of aromatic nitrogens is 4. The van der Waals surface area contributed by atoms with Crippen LogP contribution in [0.2, 0.25) is 0 Å². The molecule has 0 saturated heterocycles. The maximum absolute atomic E-state index is 4.69. The van der Waals surface area contributed by atoms with E-state index >= 15 is 0 Å². The zero-order valence-electron chi connectivity index (χ0n) is 15.7. The van der Waals surface area contributed by atoms with Gasteiger partial charge in [0.2, 0.25) is 0 Å². The fourth-order valence-corrected chi connectivity index (χ4v) is 3.59. The van der Waals surface area contributed by atoms with Gasteiger partial charge in [0, 0.05) is 48.5 Å². The minimum absolute atomic E-state index is 0.326. The highest BCUT2D eigenvalue weighted by Crippen LogP contribution is 2.25. The van der Waals surface area contributed by atoms with E-state index < -0.39 is 0 Å². The molecule has 3 aromatic heterocycles. The molecular weight excluding hydrogens is 334 g/mol. The molecule has 5 heteroatoms. The molecule has 1 aromatic carbocycles. The quantitative estimate of drug-likeness (QED) is 0.514. The molecule has 0 amide bonds. The molecule has 0 aliphatic carbocycles. The Morgan fingerprint density at radius 1 is 1.04 bits per heavy atom. The third-order valence-corrected chi connectivity index (χ3v) is 4.91. The first-order valence-corrected chi connectivity index (χ1v) is 9.24. The highest BCUT2D eigenvalue weighted by atomic mass is 15.2. The largest absolute Gasteiger partial charge is 0.295 e. The van der Waals surface area contributed by atoms with Gasteiger partial charge in [-0.15, -0.1) is 0 Å². The van der Waals surface area contributed by atoms with Gasteiger partial charge in [-0.1, -0.05) is 43.3 Å². The minimum atomic E-state index is 0.326. The standard InChI is InChI=1S/C22H23N5/c1-3-21(19-10-7-11-23-13-19)26(2)15-17-12-24-22-20(14-25-27(22)16-17)18-8-5-4-6-9-18/h4-14,16,21H,3,15H2,1-2H3/t21-/m0/s1. The Bertz CT molecular complexity index is 1010. The number of fused-ring (bicyclic) bond motifs is 1. The molecular formula is C22H23N5. The Morgan fingerprint density at radius 2 is 1.89 bits per heavy atom. The van der Waals surface area contributed by atoms with Crippen LogP contribution in [0.4, 0.5) is 0 Å². The maximum atomic E-state index is 4.69. The number of pyridine rings is 1. The second kappa shape index (κ2) is 7.68. The Balaban J connectivity index is 1.58. The van der Waals surface area contributed by atoms with Gasteiger partial charge < -0.3 is 0 Å². The Hall–Kier alpha value is -3.05. The summed E-state index contributed by atoms with van der Waals surface area (Å²) in [5.74, 6) is 0. The zero-order valence-corrected chi connectivity index (χ0v) is 15.7. The average Bonchev–Trinajstić information content (AvgIpc) is 3.13. The van der Waals surface area contributed by atoms with E-state index in [0.29, 0.717) is 6.04 Å². The Kier molecular flexibility index (Phi) is 4.94. The predicted octanol–water partition coefficient (Wildman–Crippen LogP) is 4.37. The van der Waals surface area contributed by atoms with Crippen LogP contribution in [0.25, 0.3) is 16.8 Å². The van der Waals surface area contributed by atoms with Crippen molar-refractivity contribution < 1.29 is 0 Å². The maximum Gasteiger partial charge on any atom is 0.162 e. The molecule has 0 aliphatic rings. The second-order valence-electron chi connectivity index (χ2n) is 6.78. The number of hydrogen-bond acceptors (Lipinski definition) is 4. The van der Waals surface area contributed by atoms with Crippen LogP contribution in [0.1, 0.15) is 30.5 Å². The number of benzene rings is 1. The zero-order chi connectivity index (χ0) is 18.6. The van der Waals surface area contributed by atoms with E-state index in [1.54, 1.807) is 0 Å². The highest BCUT2D eigenvalue weighted by molar-refractivity contribution is 5.76. The summed E-state index contributed by atoms with van der Waals surface area (Å²) < 4.78 is 1.87. The summed E-state index contributed by atoms with van der Waals surface area (Å²) in [6, 6.07) is 14.7. The smallest absolute Gasteiger partial charge is 0.162 e. The van der Waals surface area contributed by atoms with Crippen molar-refractivity contribution in [1.82, 2.24) is 24.5 Å². The summed E-state index contributed by atoms with van der Waals surface area (Å²) in [5.41, 5.74) is 5.44. The summed E-state index contributed by atoms with van der Waals surface area (Å²) >= 11 is 0. The number of hydrogen-bond donors (Lipinski definition) is 0. The van der Waals surface area contributed by atoms with E-state index in [4.69, 9.17) is 0 Å². The summed E-state index contributed by atoms with van der Waals surface area (Å²) in [6.07, 6.45) is 10.7. The monoisotopic (exact) mass is 357 g/mol. The van der Waals surface area contributed by atoms with Gasteiger partial charge in [-0.3, -0.25) is 9.88 Å². The van der Waals surface area contributed by atoms with Gasteiger partial charge in [0.1, 0.15) is 0 Å². The van der Waals surface area contributed by atoms with Crippen molar-refractivity contribution in [2.45, 2.75) is 25.9 Å². The molecule has 27 heavy (non-hydrogen) atoms. The summed E-state index contributed by atoms with van der Waals surface area (Å²) in [5, 5.41) is 4.51. The SMILES string of the molecule is CC[C@@H](c1cccnc1)N(C)Cc1cnc2c(-c3ccccc3)cnn2c1. The first-order chi connectivity index (χ1) is 13.3. The van der Waals surface area contributed by atoms with Crippen LogP contribution in [0, 0.1) is 0 Å². The topological polar surface area (TPSA) is 46.3 Å². The minimum Gasteiger partial charge on any atom is -0.295 e. The molecule has 3 heterocycles. The van der Waals surface area contributed by atoms with Crippen LogP contribution in [0.3, 0.4) is 0 Å². The molecule has 1 atom stereocenters. The Labute approximate surface area is 159 Å². The fraction of sp³-hybridized carbons (Fsp3) is 0.227. The molecule has 0 bridgehead atoms. The van der Waals surface area contributed by atoms with E-state index in [1.807, 2.05) is 53.6 Å². The lowest BCUT2D eigenvalue weighted by Gasteiger charge is -2.27. The van der Waals surface area contributed by atoms with Crippen molar-refractivity contribution in [3.8, 4) is 11.1 Å². The van der Waals surface area contributed by atoms with Gasteiger partial charge in [0.15, 0.2) is 5.65 Å². The summed E-state index contributed by atoms with van der Waals surface area (Å²) in [7, 11) is 2.14. The van der Waals surface area contributed by atoms with Gasteiger partial charge in [0.25, 0.3) is 0 Å². The van der Waals surface area contributed by atoms with E-state index in [1.165, 1.54) is 5.56 Å². The van der Waals surface area contributed by atoms with Crippen molar-refractivity contribution in [3.05, 3.63) is 84.6 Å². The van der Waals surface area contributed by atoms with Crippen LogP contribution in [0.15, 0.2) is 73.4 Å².